The standard InChI is InChI=1S/C27H22F2N4O2S/c1-3-22(33-36(34,35)27-7-5-21(28)15-25(27)29)13-20(16-30)18-4-6-26-24(14-18)23(9-11-32-26)19-8-10-31-17(2)12-19/h3-16,33H,1,30H2,2H3/b20-16+,22-13+. The fourth-order valence-electron chi connectivity index (χ4n) is 3.72. The van der Waals surface area contributed by atoms with Crippen molar-refractivity contribution in [1.29, 1.82) is 0 Å². The van der Waals surface area contributed by atoms with E-state index in [1.807, 2.05) is 37.3 Å². The minimum Gasteiger partial charge on any atom is -0.404 e. The van der Waals surface area contributed by atoms with E-state index in [0.717, 1.165) is 39.9 Å². The van der Waals surface area contributed by atoms with E-state index in [-0.39, 0.29) is 5.70 Å². The Balaban J connectivity index is 1.74. The topological polar surface area (TPSA) is 98.0 Å². The summed E-state index contributed by atoms with van der Waals surface area (Å²) in [6.45, 7) is 5.55. The molecule has 0 radical (unpaired) electrons. The Bertz CT molecular complexity index is 1650. The third-order valence-corrected chi connectivity index (χ3v) is 6.84. The molecule has 2 aromatic heterocycles. The van der Waals surface area contributed by atoms with Gasteiger partial charge in [0.1, 0.15) is 16.5 Å². The minimum absolute atomic E-state index is 0.0479. The number of halogens is 2. The minimum atomic E-state index is -4.35. The molecule has 4 aromatic rings. The van der Waals surface area contributed by atoms with Crippen LogP contribution in [0.25, 0.3) is 27.6 Å². The molecule has 182 valence electrons. The van der Waals surface area contributed by atoms with Crippen LogP contribution < -0.4 is 10.5 Å². The summed E-state index contributed by atoms with van der Waals surface area (Å²) in [5.41, 5.74) is 10.7. The van der Waals surface area contributed by atoms with Gasteiger partial charge in [0.2, 0.25) is 0 Å². The molecular formula is C27H22F2N4O2S. The number of nitrogens with two attached hydrogens (primary N) is 1. The molecule has 0 aliphatic rings. The number of nitrogens with one attached hydrogen (secondary N) is 1. The lowest BCUT2D eigenvalue weighted by Gasteiger charge is -2.12. The predicted molar refractivity (Wildman–Crippen MR) is 137 cm³/mol. The van der Waals surface area contributed by atoms with Crippen LogP contribution in [0.1, 0.15) is 11.3 Å². The molecule has 0 atom stereocenters. The Morgan fingerprint density at radius 3 is 2.50 bits per heavy atom. The van der Waals surface area contributed by atoms with E-state index in [0.29, 0.717) is 17.2 Å². The second-order valence-electron chi connectivity index (χ2n) is 7.88. The number of hydrogen-bond donors (Lipinski definition) is 2. The van der Waals surface area contributed by atoms with Gasteiger partial charge in [0.15, 0.2) is 0 Å². The summed E-state index contributed by atoms with van der Waals surface area (Å²) in [6, 6.07) is 13.6. The van der Waals surface area contributed by atoms with E-state index in [1.165, 1.54) is 18.4 Å². The molecule has 0 saturated heterocycles. The molecule has 9 heteroatoms. The molecule has 0 fully saturated rings. The first-order valence-corrected chi connectivity index (χ1v) is 12.3. The highest BCUT2D eigenvalue weighted by Crippen LogP contribution is 2.30. The summed E-state index contributed by atoms with van der Waals surface area (Å²) in [5.74, 6) is -2.09. The van der Waals surface area contributed by atoms with Crippen LogP contribution >= 0.6 is 0 Å². The van der Waals surface area contributed by atoms with Crippen LogP contribution in [0.3, 0.4) is 0 Å². The van der Waals surface area contributed by atoms with Gasteiger partial charge in [0.25, 0.3) is 10.0 Å². The fourth-order valence-corrected chi connectivity index (χ4v) is 4.84. The van der Waals surface area contributed by atoms with Gasteiger partial charge in [-0.1, -0.05) is 12.6 Å². The van der Waals surface area contributed by atoms with Gasteiger partial charge in [-0.05, 0) is 83.8 Å². The quantitative estimate of drug-likeness (QED) is 0.336. The largest absolute Gasteiger partial charge is 0.404 e. The lowest BCUT2D eigenvalue weighted by Crippen LogP contribution is -2.23. The molecule has 6 nitrogen and oxygen atoms in total. The number of allylic oxidation sites excluding steroid dienone is 3. The molecule has 2 heterocycles. The summed E-state index contributed by atoms with van der Waals surface area (Å²) >= 11 is 0. The number of rotatable bonds is 7. The van der Waals surface area contributed by atoms with Crippen LogP contribution in [0.15, 0.2) is 103 Å². The molecule has 0 spiro atoms. The number of benzene rings is 2. The zero-order chi connectivity index (χ0) is 25.9. The lowest BCUT2D eigenvalue weighted by molar-refractivity contribution is 0.546. The summed E-state index contributed by atoms with van der Waals surface area (Å²) in [5, 5.41) is 0.863. The predicted octanol–water partition coefficient (Wildman–Crippen LogP) is 5.23. The third-order valence-electron chi connectivity index (χ3n) is 5.43. The maximum absolute atomic E-state index is 14.1. The number of pyridine rings is 2. The van der Waals surface area contributed by atoms with Gasteiger partial charge >= 0.3 is 0 Å². The van der Waals surface area contributed by atoms with Gasteiger partial charge in [-0.2, -0.15) is 0 Å². The van der Waals surface area contributed by atoms with Crippen molar-refractivity contribution in [3.63, 3.8) is 0 Å². The van der Waals surface area contributed by atoms with Crippen molar-refractivity contribution in [3.05, 3.63) is 121 Å². The van der Waals surface area contributed by atoms with Crippen LogP contribution in [0.4, 0.5) is 8.78 Å². The van der Waals surface area contributed by atoms with E-state index in [2.05, 4.69) is 21.3 Å². The molecule has 0 aliphatic carbocycles. The average molecular weight is 505 g/mol. The zero-order valence-corrected chi connectivity index (χ0v) is 20.1. The Hall–Kier alpha value is -4.37. The van der Waals surface area contributed by atoms with E-state index in [1.54, 1.807) is 18.5 Å². The highest BCUT2D eigenvalue weighted by Gasteiger charge is 2.20. The van der Waals surface area contributed by atoms with E-state index in [9.17, 15) is 17.2 Å². The Kier molecular flexibility index (Phi) is 6.93. The highest BCUT2D eigenvalue weighted by atomic mass is 32.2. The smallest absolute Gasteiger partial charge is 0.264 e. The van der Waals surface area contributed by atoms with Gasteiger partial charge in [0.05, 0.1) is 5.52 Å². The Morgan fingerprint density at radius 2 is 1.81 bits per heavy atom. The van der Waals surface area contributed by atoms with Crippen molar-refractivity contribution in [2.75, 3.05) is 0 Å². The van der Waals surface area contributed by atoms with Crippen molar-refractivity contribution in [2.24, 2.45) is 5.73 Å². The first-order valence-electron chi connectivity index (χ1n) is 10.8. The third kappa shape index (κ3) is 5.16. The van der Waals surface area contributed by atoms with E-state index >= 15 is 0 Å². The molecule has 0 aliphatic heterocycles. The molecule has 0 unspecified atom stereocenters. The molecule has 0 amide bonds. The van der Waals surface area contributed by atoms with Crippen LogP contribution in [0.5, 0.6) is 0 Å². The lowest BCUT2D eigenvalue weighted by atomic mass is 9.97. The number of fused-ring (bicyclic) bond motifs is 1. The van der Waals surface area contributed by atoms with Crippen molar-refractivity contribution in [3.8, 4) is 11.1 Å². The van der Waals surface area contributed by atoms with Crippen LogP contribution in [0, 0.1) is 18.6 Å². The zero-order valence-electron chi connectivity index (χ0n) is 19.2. The van der Waals surface area contributed by atoms with Gasteiger partial charge in [-0.15, -0.1) is 0 Å². The van der Waals surface area contributed by atoms with Crippen LogP contribution in [-0.4, -0.2) is 18.4 Å². The Morgan fingerprint density at radius 1 is 1.03 bits per heavy atom. The van der Waals surface area contributed by atoms with Crippen molar-refractivity contribution in [1.82, 2.24) is 14.7 Å². The molecule has 4 rings (SSSR count). The van der Waals surface area contributed by atoms with Gasteiger partial charge in [-0.3, -0.25) is 14.7 Å². The second-order valence-corrected chi connectivity index (χ2v) is 9.53. The molecule has 0 bridgehead atoms. The van der Waals surface area contributed by atoms with E-state index in [4.69, 9.17) is 5.73 Å². The maximum atomic E-state index is 14.1. The van der Waals surface area contributed by atoms with Gasteiger partial charge in [0, 0.05) is 41.4 Å². The first kappa shape index (κ1) is 24.7. The van der Waals surface area contributed by atoms with Crippen molar-refractivity contribution < 1.29 is 17.2 Å². The number of hydrogen-bond acceptors (Lipinski definition) is 5. The molecule has 3 N–H and O–H groups in total. The summed E-state index contributed by atoms with van der Waals surface area (Å²) in [4.78, 5) is 8.00. The van der Waals surface area contributed by atoms with Gasteiger partial charge < -0.3 is 5.73 Å². The highest BCUT2D eigenvalue weighted by molar-refractivity contribution is 7.89. The second kappa shape index (κ2) is 10.1. The summed E-state index contributed by atoms with van der Waals surface area (Å²) in [7, 11) is -4.35. The van der Waals surface area contributed by atoms with E-state index < -0.39 is 26.6 Å². The molecule has 2 aromatic carbocycles. The van der Waals surface area contributed by atoms with Crippen LogP contribution in [-0.2, 0) is 10.0 Å². The summed E-state index contributed by atoms with van der Waals surface area (Å²) < 4.78 is 55.0. The van der Waals surface area contributed by atoms with Crippen molar-refractivity contribution >= 4 is 26.5 Å². The number of nitrogens with zero attached hydrogens (tertiary/aromatic N) is 2. The number of aromatic nitrogens is 2. The van der Waals surface area contributed by atoms with Crippen molar-refractivity contribution in [2.45, 2.75) is 11.8 Å². The SMILES string of the molecule is C=C/C(=C\C(=C/N)c1ccc2nccc(-c3ccnc(C)c3)c2c1)NS(=O)(=O)c1ccc(F)cc1F. The monoisotopic (exact) mass is 504 g/mol. The summed E-state index contributed by atoms with van der Waals surface area (Å²) in [6.07, 6.45) is 7.52. The normalized spacial score (nSPS) is 12.5. The molecular weight excluding hydrogens is 482 g/mol. The first-order chi connectivity index (χ1) is 17.2. The fraction of sp³-hybridized carbons (Fsp3) is 0.0370. The van der Waals surface area contributed by atoms with Crippen LogP contribution in [0.2, 0.25) is 0 Å². The Labute approximate surface area is 207 Å². The molecule has 0 saturated carbocycles. The number of aryl methyl sites for hydroxylation is 1. The molecule has 36 heavy (non-hydrogen) atoms. The number of sulfonamides is 1. The maximum Gasteiger partial charge on any atom is 0.264 e. The average Bonchev–Trinajstić information content (AvgIpc) is 2.85. The van der Waals surface area contributed by atoms with Gasteiger partial charge in [-0.25, -0.2) is 17.2 Å².